The summed E-state index contributed by atoms with van der Waals surface area (Å²) in [4.78, 5) is 15.7. The van der Waals surface area contributed by atoms with E-state index >= 15 is 0 Å². The van der Waals surface area contributed by atoms with Crippen LogP contribution in [0, 0.1) is 0 Å². The molecule has 0 aliphatic heterocycles. The van der Waals surface area contributed by atoms with Crippen LogP contribution in [0.5, 0.6) is 5.75 Å². The minimum absolute atomic E-state index is 0.462. The van der Waals surface area contributed by atoms with Crippen molar-refractivity contribution in [1.82, 2.24) is 4.98 Å². The Hall–Kier alpha value is -3.66. The average molecular weight is 369 g/mol. The summed E-state index contributed by atoms with van der Waals surface area (Å²) in [7, 11) is 0. The lowest BCUT2D eigenvalue weighted by atomic mass is 10.0. The first kappa shape index (κ1) is 17.7. The Kier molecular flexibility index (Phi) is 5.29. The summed E-state index contributed by atoms with van der Waals surface area (Å²) in [6.07, 6.45) is -0.530. The van der Waals surface area contributed by atoms with Gasteiger partial charge in [0.1, 0.15) is 12.4 Å². The summed E-state index contributed by atoms with van der Waals surface area (Å²) in [5.41, 5.74) is 3.50. The predicted octanol–water partition coefficient (Wildman–Crippen LogP) is 5.08. The average Bonchev–Trinajstić information content (AvgIpc) is 2.77. The monoisotopic (exact) mass is 369 g/mol. The van der Waals surface area contributed by atoms with Gasteiger partial charge in [0.15, 0.2) is 6.10 Å². The Morgan fingerprint density at radius 3 is 2.36 bits per heavy atom. The van der Waals surface area contributed by atoms with Crippen LogP contribution in [-0.2, 0) is 16.1 Å². The van der Waals surface area contributed by atoms with Gasteiger partial charge in [-0.25, -0.2) is 4.98 Å². The molecule has 1 atom stereocenters. The number of rotatable bonds is 7. The molecule has 0 spiro atoms. The molecular formula is C24H19NO3. The number of aromatic nitrogens is 1. The Bertz CT molecular complexity index is 1060. The van der Waals surface area contributed by atoms with Gasteiger partial charge in [-0.3, -0.25) is 4.79 Å². The SMILES string of the molecule is O=COC(c1ccccc1)c1ccc2cc(OCc3ccccc3)ccc2n1. The molecule has 4 nitrogen and oxygen atoms in total. The predicted molar refractivity (Wildman–Crippen MR) is 108 cm³/mol. The minimum Gasteiger partial charge on any atom is -0.489 e. The highest BCUT2D eigenvalue weighted by molar-refractivity contribution is 5.80. The zero-order valence-electron chi connectivity index (χ0n) is 15.2. The van der Waals surface area contributed by atoms with Crippen LogP contribution in [0.3, 0.4) is 0 Å². The number of benzene rings is 3. The molecule has 4 aromatic rings. The molecule has 4 heteroatoms. The van der Waals surface area contributed by atoms with Gasteiger partial charge in [0.2, 0.25) is 0 Å². The van der Waals surface area contributed by atoms with E-state index in [9.17, 15) is 4.79 Å². The fourth-order valence-electron chi connectivity index (χ4n) is 3.10. The number of hydrogen-bond acceptors (Lipinski definition) is 4. The van der Waals surface area contributed by atoms with Crippen molar-refractivity contribution in [2.45, 2.75) is 12.7 Å². The first-order valence-corrected chi connectivity index (χ1v) is 9.05. The first-order valence-electron chi connectivity index (χ1n) is 9.05. The summed E-state index contributed by atoms with van der Waals surface area (Å²) < 4.78 is 11.2. The summed E-state index contributed by atoms with van der Waals surface area (Å²) >= 11 is 0. The maximum Gasteiger partial charge on any atom is 0.294 e. The largest absolute Gasteiger partial charge is 0.489 e. The lowest BCUT2D eigenvalue weighted by Gasteiger charge is -2.16. The van der Waals surface area contributed by atoms with Gasteiger partial charge >= 0.3 is 0 Å². The molecule has 0 aliphatic rings. The van der Waals surface area contributed by atoms with Crippen LogP contribution in [0.1, 0.15) is 22.9 Å². The van der Waals surface area contributed by atoms with Gasteiger partial charge in [0.05, 0.1) is 11.2 Å². The number of ether oxygens (including phenoxy) is 2. The molecule has 1 heterocycles. The second-order valence-electron chi connectivity index (χ2n) is 6.39. The maximum absolute atomic E-state index is 11.0. The molecule has 0 amide bonds. The third kappa shape index (κ3) is 4.01. The van der Waals surface area contributed by atoms with Crippen molar-refractivity contribution in [3.8, 4) is 5.75 Å². The van der Waals surface area contributed by atoms with Gasteiger partial charge in [-0.2, -0.15) is 0 Å². The van der Waals surface area contributed by atoms with Crippen LogP contribution in [0.25, 0.3) is 10.9 Å². The molecule has 0 saturated carbocycles. The van der Waals surface area contributed by atoms with E-state index < -0.39 is 6.10 Å². The van der Waals surface area contributed by atoms with E-state index in [1.54, 1.807) is 0 Å². The van der Waals surface area contributed by atoms with Crippen LogP contribution in [0.15, 0.2) is 91.0 Å². The highest BCUT2D eigenvalue weighted by atomic mass is 16.5. The second-order valence-corrected chi connectivity index (χ2v) is 6.39. The molecule has 0 N–H and O–H groups in total. The van der Waals surface area contributed by atoms with Gasteiger partial charge in [0.25, 0.3) is 6.47 Å². The molecule has 28 heavy (non-hydrogen) atoms. The molecule has 0 aliphatic carbocycles. The summed E-state index contributed by atoms with van der Waals surface area (Å²) in [5, 5.41) is 0.965. The Balaban J connectivity index is 1.58. The second kappa shape index (κ2) is 8.35. The maximum atomic E-state index is 11.0. The standard InChI is InChI=1S/C24H19NO3/c26-17-28-24(19-9-5-2-6-10-19)23-13-11-20-15-21(12-14-22(20)25-23)27-16-18-7-3-1-4-8-18/h1-15,17,24H,16H2. The Morgan fingerprint density at radius 2 is 1.61 bits per heavy atom. The zero-order valence-corrected chi connectivity index (χ0v) is 15.2. The van der Waals surface area contributed by atoms with Gasteiger partial charge in [-0.1, -0.05) is 66.7 Å². The topological polar surface area (TPSA) is 48.4 Å². The van der Waals surface area contributed by atoms with E-state index in [1.807, 2.05) is 91.0 Å². The Morgan fingerprint density at radius 1 is 0.857 bits per heavy atom. The fourth-order valence-corrected chi connectivity index (χ4v) is 3.10. The highest BCUT2D eigenvalue weighted by Gasteiger charge is 2.17. The van der Waals surface area contributed by atoms with Crippen molar-refractivity contribution in [3.05, 3.63) is 108 Å². The number of carbonyl (C=O) groups excluding carboxylic acids is 1. The van der Waals surface area contributed by atoms with E-state index in [2.05, 4.69) is 0 Å². The molecule has 1 aromatic heterocycles. The first-order chi connectivity index (χ1) is 13.8. The smallest absolute Gasteiger partial charge is 0.294 e. The Labute approximate surface area is 163 Å². The van der Waals surface area contributed by atoms with Gasteiger partial charge in [0, 0.05) is 5.39 Å². The van der Waals surface area contributed by atoms with Crippen molar-refractivity contribution < 1.29 is 14.3 Å². The number of carbonyl (C=O) groups is 1. The van der Waals surface area contributed by atoms with Gasteiger partial charge in [-0.05, 0) is 35.4 Å². The molecule has 0 fully saturated rings. The van der Waals surface area contributed by atoms with Crippen molar-refractivity contribution in [1.29, 1.82) is 0 Å². The number of nitrogens with zero attached hydrogens (tertiary/aromatic N) is 1. The third-order valence-corrected chi connectivity index (χ3v) is 4.49. The minimum atomic E-state index is -0.530. The molecule has 3 aromatic carbocycles. The van der Waals surface area contributed by atoms with Crippen LogP contribution in [0.4, 0.5) is 0 Å². The molecule has 0 bridgehead atoms. The molecule has 4 rings (SSSR count). The molecule has 1 unspecified atom stereocenters. The van der Waals surface area contributed by atoms with E-state index in [-0.39, 0.29) is 0 Å². The zero-order chi connectivity index (χ0) is 19.2. The van der Waals surface area contributed by atoms with Crippen molar-refractivity contribution in [2.24, 2.45) is 0 Å². The lowest BCUT2D eigenvalue weighted by Crippen LogP contribution is -2.07. The summed E-state index contributed by atoms with van der Waals surface area (Å²) in [6, 6.07) is 29.3. The van der Waals surface area contributed by atoms with E-state index in [4.69, 9.17) is 14.5 Å². The quantitative estimate of drug-likeness (QED) is 0.427. The van der Waals surface area contributed by atoms with E-state index in [0.29, 0.717) is 18.8 Å². The number of fused-ring (bicyclic) bond motifs is 1. The van der Waals surface area contributed by atoms with Crippen LogP contribution in [-0.4, -0.2) is 11.5 Å². The highest BCUT2D eigenvalue weighted by Crippen LogP contribution is 2.27. The third-order valence-electron chi connectivity index (χ3n) is 4.49. The number of pyridine rings is 1. The lowest BCUT2D eigenvalue weighted by molar-refractivity contribution is -0.132. The van der Waals surface area contributed by atoms with Gasteiger partial charge in [-0.15, -0.1) is 0 Å². The fraction of sp³-hybridized carbons (Fsp3) is 0.0833. The number of hydrogen-bond donors (Lipinski definition) is 0. The molecule has 0 saturated heterocycles. The van der Waals surface area contributed by atoms with Crippen LogP contribution in [0.2, 0.25) is 0 Å². The molecule has 138 valence electrons. The molecule has 0 radical (unpaired) electrons. The van der Waals surface area contributed by atoms with E-state index in [0.717, 1.165) is 27.8 Å². The van der Waals surface area contributed by atoms with E-state index in [1.165, 1.54) is 0 Å². The van der Waals surface area contributed by atoms with Crippen molar-refractivity contribution in [2.75, 3.05) is 0 Å². The van der Waals surface area contributed by atoms with Crippen LogP contribution < -0.4 is 4.74 Å². The normalized spacial score (nSPS) is 11.7. The van der Waals surface area contributed by atoms with Crippen LogP contribution >= 0.6 is 0 Å². The summed E-state index contributed by atoms with van der Waals surface area (Å²) in [5.74, 6) is 0.787. The van der Waals surface area contributed by atoms with Crippen molar-refractivity contribution >= 4 is 17.4 Å². The molecular weight excluding hydrogens is 350 g/mol. The van der Waals surface area contributed by atoms with Crippen molar-refractivity contribution in [3.63, 3.8) is 0 Å². The van der Waals surface area contributed by atoms with Gasteiger partial charge < -0.3 is 9.47 Å². The summed E-state index contributed by atoms with van der Waals surface area (Å²) in [6.45, 7) is 0.977.